The second-order valence-corrected chi connectivity index (χ2v) is 5.99. The number of nitrogens with one attached hydrogen (secondary N) is 2. The number of rotatable bonds is 11. The standard InChI is InChI=1S/C13H23N3O4S/c1-3-15-12-5-7-14-11-13(12)21(17,18)16-6-4-8-20-10-9-19-2/h5,7,11,16H,3-4,6,8-10H2,1-2H3,(H,14,15). The molecule has 8 heteroatoms. The minimum atomic E-state index is -3.57. The number of hydrogen-bond donors (Lipinski definition) is 2. The summed E-state index contributed by atoms with van der Waals surface area (Å²) in [4.78, 5) is 4.03. The molecule has 2 N–H and O–H groups in total. The van der Waals surface area contributed by atoms with E-state index in [4.69, 9.17) is 9.47 Å². The molecule has 0 unspecified atom stereocenters. The fraction of sp³-hybridized carbons (Fsp3) is 0.615. The Morgan fingerprint density at radius 2 is 2.10 bits per heavy atom. The number of pyridine rings is 1. The van der Waals surface area contributed by atoms with E-state index in [2.05, 4.69) is 15.0 Å². The lowest BCUT2D eigenvalue weighted by Gasteiger charge is -2.11. The van der Waals surface area contributed by atoms with Crippen LogP contribution in [-0.2, 0) is 19.5 Å². The zero-order valence-electron chi connectivity index (χ0n) is 12.5. The maximum Gasteiger partial charge on any atom is 0.244 e. The van der Waals surface area contributed by atoms with Crippen molar-refractivity contribution in [1.29, 1.82) is 0 Å². The molecular weight excluding hydrogens is 294 g/mol. The zero-order chi connectivity index (χ0) is 15.6. The number of aromatic nitrogens is 1. The first-order chi connectivity index (χ1) is 10.1. The van der Waals surface area contributed by atoms with Gasteiger partial charge >= 0.3 is 0 Å². The van der Waals surface area contributed by atoms with E-state index < -0.39 is 10.0 Å². The first kappa shape index (κ1) is 17.8. The SMILES string of the molecule is CCNc1ccncc1S(=O)(=O)NCCCOCCOC. The van der Waals surface area contributed by atoms with Gasteiger partial charge in [0.05, 0.1) is 18.9 Å². The molecule has 7 nitrogen and oxygen atoms in total. The molecule has 0 fully saturated rings. The Labute approximate surface area is 126 Å². The molecule has 0 aliphatic carbocycles. The Kier molecular flexibility index (Phi) is 8.21. The lowest BCUT2D eigenvalue weighted by Crippen LogP contribution is -2.26. The van der Waals surface area contributed by atoms with Crippen molar-refractivity contribution in [1.82, 2.24) is 9.71 Å². The van der Waals surface area contributed by atoms with Crippen molar-refractivity contribution in [2.75, 3.05) is 45.3 Å². The summed E-state index contributed by atoms with van der Waals surface area (Å²) in [7, 11) is -1.96. The van der Waals surface area contributed by atoms with Gasteiger partial charge < -0.3 is 14.8 Å². The molecule has 1 aromatic heterocycles. The highest BCUT2D eigenvalue weighted by atomic mass is 32.2. The van der Waals surface area contributed by atoms with Gasteiger partial charge in [0.25, 0.3) is 0 Å². The van der Waals surface area contributed by atoms with Gasteiger partial charge in [0.2, 0.25) is 10.0 Å². The van der Waals surface area contributed by atoms with Gasteiger partial charge in [-0.1, -0.05) is 0 Å². The van der Waals surface area contributed by atoms with E-state index in [0.717, 1.165) is 0 Å². The molecule has 1 rings (SSSR count). The molecule has 120 valence electrons. The second-order valence-electron chi connectivity index (χ2n) is 4.26. The molecule has 0 saturated carbocycles. The van der Waals surface area contributed by atoms with Crippen molar-refractivity contribution in [3.8, 4) is 0 Å². The Morgan fingerprint density at radius 1 is 1.29 bits per heavy atom. The third-order valence-corrected chi connectivity index (χ3v) is 4.12. The highest BCUT2D eigenvalue weighted by Gasteiger charge is 2.17. The van der Waals surface area contributed by atoms with Crippen LogP contribution in [0.4, 0.5) is 5.69 Å². The van der Waals surface area contributed by atoms with E-state index in [-0.39, 0.29) is 4.90 Å². The topological polar surface area (TPSA) is 89.6 Å². The summed E-state index contributed by atoms with van der Waals surface area (Å²) in [6.45, 7) is 4.39. The van der Waals surface area contributed by atoms with Gasteiger partial charge in [-0.25, -0.2) is 13.1 Å². The van der Waals surface area contributed by atoms with Gasteiger partial charge in [0.15, 0.2) is 0 Å². The molecular formula is C13H23N3O4S. The van der Waals surface area contributed by atoms with Crippen LogP contribution in [0.2, 0.25) is 0 Å². The summed E-state index contributed by atoms with van der Waals surface area (Å²) >= 11 is 0. The molecule has 0 amide bonds. The Morgan fingerprint density at radius 3 is 2.81 bits per heavy atom. The van der Waals surface area contributed by atoms with Gasteiger partial charge in [-0.15, -0.1) is 0 Å². The lowest BCUT2D eigenvalue weighted by molar-refractivity contribution is 0.0699. The molecule has 0 aliphatic rings. The third-order valence-electron chi connectivity index (χ3n) is 2.63. The minimum absolute atomic E-state index is 0.159. The monoisotopic (exact) mass is 317 g/mol. The predicted octanol–water partition coefficient (Wildman–Crippen LogP) is 0.845. The summed E-state index contributed by atoms with van der Waals surface area (Å²) < 4.78 is 37.1. The first-order valence-electron chi connectivity index (χ1n) is 6.86. The van der Waals surface area contributed by atoms with Crippen LogP contribution in [-0.4, -0.2) is 53.4 Å². The van der Waals surface area contributed by atoms with Crippen molar-refractivity contribution < 1.29 is 17.9 Å². The first-order valence-corrected chi connectivity index (χ1v) is 8.34. The van der Waals surface area contributed by atoms with Gasteiger partial charge in [-0.2, -0.15) is 0 Å². The number of nitrogens with zero attached hydrogens (tertiary/aromatic N) is 1. The summed E-state index contributed by atoms with van der Waals surface area (Å²) in [5.41, 5.74) is 0.552. The quantitative estimate of drug-likeness (QED) is 0.588. The van der Waals surface area contributed by atoms with Gasteiger partial charge in [-0.3, -0.25) is 4.98 Å². The predicted molar refractivity (Wildman–Crippen MR) is 80.9 cm³/mol. The largest absolute Gasteiger partial charge is 0.384 e. The van der Waals surface area contributed by atoms with Gasteiger partial charge in [-0.05, 0) is 19.4 Å². The molecule has 21 heavy (non-hydrogen) atoms. The van der Waals surface area contributed by atoms with E-state index in [9.17, 15) is 8.42 Å². The van der Waals surface area contributed by atoms with Crippen molar-refractivity contribution in [2.24, 2.45) is 0 Å². The van der Waals surface area contributed by atoms with Crippen molar-refractivity contribution in [3.63, 3.8) is 0 Å². The van der Waals surface area contributed by atoms with Crippen LogP contribution < -0.4 is 10.0 Å². The van der Waals surface area contributed by atoms with Gasteiger partial charge in [0, 0.05) is 39.2 Å². The van der Waals surface area contributed by atoms with Crippen molar-refractivity contribution >= 4 is 15.7 Å². The van der Waals surface area contributed by atoms with Crippen LogP contribution in [0.15, 0.2) is 23.4 Å². The number of anilines is 1. The van der Waals surface area contributed by atoms with Crippen LogP contribution in [0.1, 0.15) is 13.3 Å². The molecule has 0 aliphatic heterocycles. The molecule has 0 saturated heterocycles. The normalized spacial score (nSPS) is 11.5. The van der Waals surface area contributed by atoms with E-state index >= 15 is 0 Å². The fourth-order valence-electron chi connectivity index (χ4n) is 1.63. The number of methoxy groups -OCH3 is 1. The Bertz CT molecular complexity index is 508. The highest BCUT2D eigenvalue weighted by Crippen LogP contribution is 2.18. The molecule has 0 spiro atoms. The molecule has 1 aromatic rings. The zero-order valence-corrected chi connectivity index (χ0v) is 13.3. The molecule has 0 aromatic carbocycles. The van der Waals surface area contributed by atoms with Crippen LogP contribution in [0.5, 0.6) is 0 Å². The average Bonchev–Trinajstić information content (AvgIpc) is 2.47. The van der Waals surface area contributed by atoms with Crippen molar-refractivity contribution in [2.45, 2.75) is 18.2 Å². The van der Waals surface area contributed by atoms with Crippen LogP contribution in [0.25, 0.3) is 0 Å². The summed E-state index contributed by atoms with van der Waals surface area (Å²) in [5, 5.41) is 3.01. The van der Waals surface area contributed by atoms with E-state index in [1.807, 2.05) is 6.92 Å². The third kappa shape index (κ3) is 6.38. The molecule has 0 bridgehead atoms. The van der Waals surface area contributed by atoms with Gasteiger partial charge in [0.1, 0.15) is 4.90 Å². The number of ether oxygens (including phenoxy) is 2. The van der Waals surface area contributed by atoms with Crippen LogP contribution in [0, 0.1) is 0 Å². The van der Waals surface area contributed by atoms with Crippen LogP contribution >= 0.6 is 0 Å². The molecule has 1 heterocycles. The van der Waals surface area contributed by atoms with E-state index in [1.165, 1.54) is 6.20 Å². The van der Waals surface area contributed by atoms with E-state index in [0.29, 0.717) is 45.0 Å². The Hall–Kier alpha value is -1.22. The molecule has 0 radical (unpaired) electrons. The fourth-order valence-corrected chi connectivity index (χ4v) is 2.83. The highest BCUT2D eigenvalue weighted by molar-refractivity contribution is 7.89. The number of sulfonamides is 1. The summed E-state index contributed by atoms with van der Waals surface area (Å²) in [5.74, 6) is 0. The Balaban J connectivity index is 2.46. The second kappa shape index (κ2) is 9.67. The summed E-state index contributed by atoms with van der Waals surface area (Å²) in [6.07, 6.45) is 3.50. The summed E-state index contributed by atoms with van der Waals surface area (Å²) in [6, 6.07) is 1.64. The number of hydrogen-bond acceptors (Lipinski definition) is 6. The van der Waals surface area contributed by atoms with Crippen LogP contribution in [0.3, 0.4) is 0 Å². The lowest BCUT2D eigenvalue weighted by atomic mass is 10.4. The van der Waals surface area contributed by atoms with E-state index in [1.54, 1.807) is 19.4 Å². The van der Waals surface area contributed by atoms with Crippen molar-refractivity contribution in [3.05, 3.63) is 18.5 Å². The maximum absolute atomic E-state index is 12.2. The smallest absolute Gasteiger partial charge is 0.244 e. The average molecular weight is 317 g/mol. The molecule has 0 atom stereocenters. The minimum Gasteiger partial charge on any atom is -0.384 e. The maximum atomic E-state index is 12.2.